The summed E-state index contributed by atoms with van der Waals surface area (Å²) in [7, 11) is -4.50. The van der Waals surface area contributed by atoms with Crippen LogP contribution in [0.3, 0.4) is 0 Å². The van der Waals surface area contributed by atoms with Crippen molar-refractivity contribution in [2.45, 2.75) is 49.8 Å². The van der Waals surface area contributed by atoms with Crippen LogP contribution in [0.25, 0.3) is 0 Å². The first kappa shape index (κ1) is 27.3. The molecule has 7 nitrogen and oxygen atoms in total. The van der Waals surface area contributed by atoms with E-state index in [1.165, 1.54) is 11.1 Å². The van der Waals surface area contributed by atoms with Crippen LogP contribution in [0.5, 0.6) is 0 Å². The zero-order chi connectivity index (χ0) is 27.3. The summed E-state index contributed by atoms with van der Waals surface area (Å²) >= 11 is 12.0. The van der Waals surface area contributed by atoms with E-state index in [1.54, 1.807) is 38.1 Å². The average molecular weight is 576 g/mol. The van der Waals surface area contributed by atoms with Gasteiger partial charge in [0, 0.05) is 36.7 Å². The van der Waals surface area contributed by atoms with Crippen molar-refractivity contribution in [3.63, 3.8) is 0 Å². The lowest BCUT2D eigenvalue weighted by molar-refractivity contribution is -0.148. The molecule has 0 saturated carbocycles. The maximum atomic E-state index is 13.7. The predicted octanol–water partition coefficient (Wildman–Crippen LogP) is 4.90. The Hall–Kier alpha value is -2.76. The van der Waals surface area contributed by atoms with Crippen LogP contribution in [0.1, 0.15) is 31.4 Å². The van der Waals surface area contributed by atoms with Gasteiger partial charge < -0.3 is 4.90 Å². The fourth-order valence-corrected chi connectivity index (χ4v) is 6.38. The number of nitrogens with zero attached hydrogens (tertiary/aromatic N) is 3. The SMILES string of the molecule is CC(C)N1C=C2N(C(=O)CCN2S(=O)(=O)c2ccc(C(F)(F)F)cc2Cl)C(Cc2ccc(Cl)cc2)C1=O. The van der Waals surface area contributed by atoms with Crippen LogP contribution >= 0.6 is 23.2 Å². The molecule has 1 fully saturated rings. The molecule has 2 heterocycles. The molecule has 13 heteroatoms. The predicted molar refractivity (Wildman–Crippen MR) is 131 cm³/mol. The number of rotatable bonds is 5. The number of sulfonamides is 1. The number of fused-ring (bicyclic) bond motifs is 1. The van der Waals surface area contributed by atoms with Crippen molar-refractivity contribution < 1.29 is 31.2 Å². The minimum absolute atomic E-state index is 0.0699. The van der Waals surface area contributed by atoms with E-state index in [4.69, 9.17) is 23.2 Å². The van der Waals surface area contributed by atoms with Gasteiger partial charge in [-0.15, -0.1) is 0 Å². The van der Waals surface area contributed by atoms with Crippen molar-refractivity contribution in [1.82, 2.24) is 14.1 Å². The fraction of sp³-hybridized carbons (Fsp3) is 0.333. The third-order valence-electron chi connectivity index (χ3n) is 6.13. The molecular formula is C24H22Cl2F3N3O4S. The highest BCUT2D eigenvalue weighted by atomic mass is 35.5. The Bertz CT molecular complexity index is 1380. The van der Waals surface area contributed by atoms with E-state index in [2.05, 4.69) is 0 Å². The summed E-state index contributed by atoms with van der Waals surface area (Å²) in [4.78, 5) is 28.4. The number of benzene rings is 2. The minimum Gasteiger partial charge on any atom is -0.311 e. The van der Waals surface area contributed by atoms with Crippen LogP contribution < -0.4 is 0 Å². The number of hydrogen-bond acceptors (Lipinski definition) is 4. The highest BCUT2D eigenvalue weighted by molar-refractivity contribution is 7.89. The molecule has 198 valence electrons. The molecule has 2 aromatic rings. The molecule has 4 rings (SSSR count). The quantitative estimate of drug-likeness (QED) is 0.508. The molecule has 2 aromatic carbocycles. The van der Waals surface area contributed by atoms with Gasteiger partial charge in [-0.2, -0.15) is 13.2 Å². The Balaban J connectivity index is 1.79. The van der Waals surface area contributed by atoms with Crippen LogP contribution in [0.4, 0.5) is 13.2 Å². The molecule has 0 N–H and O–H groups in total. The molecule has 0 spiro atoms. The lowest BCUT2D eigenvalue weighted by atomic mass is 10.00. The maximum Gasteiger partial charge on any atom is 0.416 e. The second-order valence-electron chi connectivity index (χ2n) is 8.91. The van der Waals surface area contributed by atoms with Gasteiger partial charge in [0.15, 0.2) is 0 Å². The van der Waals surface area contributed by atoms with Gasteiger partial charge in [0.25, 0.3) is 10.0 Å². The lowest BCUT2D eigenvalue weighted by Gasteiger charge is -2.47. The smallest absolute Gasteiger partial charge is 0.311 e. The Labute approximate surface area is 222 Å². The molecule has 0 aromatic heterocycles. The first-order valence-electron chi connectivity index (χ1n) is 11.2. The van der Waals surface area contributed by atoms with E-state index < -0.39 is 49.5 Å². The molecule has 1 unspecified atom stereocenters. The van der Waals surface area contributed by atoms with E-state index in [1.807, 2.05) is 0 Å². The molecule has 1 saturated heterocycles. The van der Waals surface area contributed by atoms with E-state index in [0.29, 0.717) is 22.7 Å². The molecule has 2 amide bonds. The van der Waals surface area contributed by atoms with E-state index in [9.17, 15) is 31.2 Å². The third kappa shape index (κ3) is 5.17. The summed E-state index contributed by atoms with van der Waals surface area (Å²) in [6, 6.07) is 7.25. The van der Waals surface area contributed by atoms with Gasteiger partial charge in [-0.25, -0.2) is 12.7 Å². The van der Waals surface area contributed by atoms with Gasteiger partial charge in [-0.1, -0.05) is 35.3 Å². The van der Waals surface area contributed by atoms with Crippen molar-refractivity contribution in [2.24, 2.45) is 0 Å². The maximum absolute atomic E-state index is 13.7. The highest BCUT2D eigenvalue weighted by Crippen LogP contribution is 2.38. The zero-order valence-corrected chi connectivity index (χ0v) is 22.0. The largest absolute Gasteiger partial charge is 0.416 e. The topological polar surface area (TPSA) is 78.0 Å². The van der Waals surface area contributed by atoms with Crippen molar-refractivity contribution in [2.75, 3.05) is 6.54 Å². The number of halogens is 5. The minimum atomic E-state index is -4.71. The Morgan fingerprint density at radius 3 is 2.27 bits per heavy atom. The number of alkyl halides is 3. The van der Waals surface area contributed by atoms with Gasteiger partial charge in [-0.3, -0.25) is 14.5 Å². The van der Waals surface area contributed by atoms with E-state index >= 15 is 0 Å². The zero-order valence-electron chi connectivity index (χ0n) is 19.7. The summed E-state index contributed by atoms with van der Waals surface area (Å²) in [6.07, 6.45) is -3.56. The second-order valence-corrected chi connectivity index (χ2v) is 11.6. The van der Waals surface area contributed by atoms with Gasteiger partial charge >= 0.3 is 6.18 Å². The van der Waals surface area contributed by atoms with Gasteiger partial charge in [-0.05, 0) is 49.7 Å². The van der Waals surface area contributed by atoms with Gasteiger partial charge in [0.1, 0.15) is 16.8 Å². The molecule has 0 aliphatic carbocycles. The van der Waals surface area contributed by atoms with Crippen molar-refractivity contribution in [3.8, 4) is 0 Å². The van der Waals surface area contributed by atoms with Crippen LogP contribution in [-0.2, 0) is 32.2 Å². The average Bonchev–Trinajstić information content (AvgIpc) is 2.81. The Morgan fingerprint density at radius 2 is 1.70 bits per heavy atom. The Kier molecular flexibility index (Phi) is 7.26. The van der Waals surface area contributed by atoms with Crippen molar-refractivity contribution in [1.29, 1.82) is 0 Å². The molecule has 2 aliphatic rings. The van der Waals surface area contributed by atoms with E-state index in [-0.39, 0.29) is 31.2 Å². The van der Waals surface area contributed by atoms with Crippen molar-refractivity contribution >= 4 is 45.0 Å². The fourth-order valence-electron chi connectivity index (χ4n) is 4.29. The van der Waals surface area contributed by atoms with Crippen LogP contribution in [0.2, 0.25) is 10.0 Å². The monoisotopic (exact) mass is 575 g/mol. The molecule has 0 bridgehead atoms. The summed E-state index contributed by atoms with van der Waals surface area (Å²) in [5.74, 6) is -0.916. The number of amides is 2. The summed E-state index contributed by atoms with van der Waals surface area (Å²) in [5, 5.41) is -0.118. The first-order valence-corrected chi connectivity index (χ1v) is 13.4. The lowest BCUT2D eigenvalue weighted by Crippen LogP contribution is -2.61. The second kappa shape index (κ2) is 9.85. The van der Waals surface area contributed by atoms with Crippen LogP contribution in [-0.4, -0.2) is 53.0 Å². The van der Waals surface area contributed by atoms with Crippen molar-refractivity contribution in [3.05, 3.63) is 75.7 Å². The molecule has 1 atom stereocenters. The highest BCUT2D eigenvalue weighted by Gasteiger charge is 2.47. The standard InChI is InChI=1S/C24H22Cl2F3N3O4S/c1-14(2)30-13-21-31(37(35,36)20-8-5-16(12-18(20)26)24(27,28)29)10-9-22(33)32(21)19(23(30)34)11-15-3-6-17(25)7-4-15/h3-8,12-14,19H,9-11H2,1-2H3. The summed E-state index contributed by atoms with van der Waals surface area (Å²) in [5.41, 5.74) is -0.394. The van der Waals surface area contributed by atoms with Gasteiger partial charge in [0.05, 0.1) is 10.6 Å². The van der Waals surface area contributed by atoms with Crippen LogP contribution in [0.15, 0.2) is 59.4 Å². The number of carbonyl (C=O) groups is 2. The number of carbonyl (C=O) groups excluding carboxylic acids is 2. The Morgan fingerprint density at radius 1 is 1.05 bits per heavy atom. The molecule has 2 aliphatic heterocycles. The molecule has 0 radical (unpaired) electrons. The van der Waals surface area contributed by atoms with Gasteiger partial charge in [0.2, 0.25) is 11.8 Å². The normalized spacial score (nSPS) is 18.9. The van der Waals surface area contributed by atoms with Crippen LogP contribution in [0, 0.1) is 0 Å². The number of hydrogen-bond donors (Lipinski definition) is 0. The molecule has 37 heavy (non-hydrogen) atoms. The first-order chi connectivity index (χ1) is 17.2. The third-order valence-corrected chi connectivity index (χ3v) is 8.67. The molecular weight excluding hydrogens is 554 g/mol. The summed E-state index contributed by atoms with van der Waals surface area (Å²) in [6.45, 7) is 3.20. The van der Waals surface area contributed by atoms with E-state index in [0.717, 1.165) is 15.3 Å². The summed E-state index contributed by atoms with van der Waals surface area (Å²) < 4.78 is 67.5.